The van der Waals surface area contributed by atoms with Crippen molar-refractivity contribution < 1.29 is 26.4 Å². The summed E-state index contributed by atoms with van der Waals surface area (Å²) in [7, 11) is -7.20. The molecule has 11 heteroatoms. The molecule has 1 aliphatic rings. The summed E-state index contributed by atoms with van der Waals surface area (Å²) in [6.45, 7) is 1.23. The third-order valence-corrected chi connectivity index (χ3v) is 8.05. The Morgan fingerprint density at radius 1 is 0.967 bits per heavy atom. The number of carbonyl (C=O) groups is 1. The minimum atomic E-state index is -3.75. The van der Waals surface area contributed by atoms with Crippen molar-refractivity contribution in [2.24, 2.45) is 0 Å². The highest BCUT2D eigenvalue weighted by Crippen LogP contribution is 2.18. The maximum atomic E-state index is 12.4. The number of benzene rings is 2. The zero-order chi connectivity index (χ0) is 21.6. The van der Waals surface area contributed by atoms with Crippen LogP contribution in [-0.2, 0) is 29.6 Å². The molecule has 9 nitrogen and oxygen atoms in total. The molecule has 0 aliphatic carbocycles. The van der Waals surface area contributed by atoms with Gasteiger partial charge in [-0.2, -0.15) is 4.31 Å². The minimum absolute atomic E-state index is 0.0318. The van der Waals surface area contributed by atoms with Crippen molar-refractivity contribution in [3.8, 4) is 0 Å². The predicted molar refractivity (Wildman–Crippen MR) is 113 cm³/mol. The first-order valence-corrected chi connectivity index (χ1v) is 12.7. The van der Waals surface area contributed by atoms with E-state index in [4.69, 9.17) is 4.74 Å². The van der Waals surface area contributed by atoms with E-state index in [-0.39, 0.29) is 30.2 Å². The second-order valence-corrected chi connectivity index (χ2v) is 10.7. The summed E-state index contributed by atoms with van der Waals surface area (Å²) in [6.07, 6.45) is -0.0928. The van der Waals surface area contributed by atoms with Gasteiger partial charge < -0.3 is 10.1 Å². The van der Waals surface area contributed by atoms with Crippen LogP contribution < -0.4 is 10.0 Å². The van der Waals surface area contributed by atoms with E-state index in [2.05, 4.69) is 10.0 Å². The number of rotatable bonds is 9. The Morgan fingerprint density at radius 3 is 2.40 bits per heavy atom. The fraction of sp³-hybridized carbons (Fsp3) is 0.421. The summed E-state index contributed by atoms with van der Waals surface area (Å²) >= 11 is 0. The Hall–Kier alpha value is -2.05. The molecular formula is C19H25N3O6S2. The van der Waals surface area contributed by atoms with Crippen LogP contribution in [0.2, 0.25) is 0 Å². The average Bonchev–Trinajstić information content (AvgIpc) is 2.74. The number of nitrogens with one attached hydrogen (secondary N) is 2. The first-order valence-electron chi connectivity index (χ1n) is 9.59. The van der Waals surface area contributed by atoms with Crippen molar-refractivity contribution in [1.82, 2.24) is 14.3 Å². The van der Waals surface area contributed by atoms with Crippen molar-refractivity contribution >= 4 is 36.7 Å². The van der Waals surface area contributed by atoms with Gasteiger partial charge in [0.1, 0.15) is 0 Å². The first-order chi connectivity index (χ1) is 14.3. The van der Waals surface area contributed by atoms with Crippen molar-refractivity contribution in [3.05, 3.63) is 42.5 Å². The van der Waals surface area contributed by atoms with E-state index in [9.17, 15) is 21.6 Å². The number of nitrogens with zero attached hydrogens (tertiary/aromatic N) is 1. The zero-order valence-corrected chi connectivity index (χ0v) is 18.0. The molecule has 0 bridgehead atoms. The van der Waals surface area contributed by atoms with Crippen LogP contribution in [0.25, 0.3) is 10.8 Å². The van der Waals surface area contributed by atoms with Gasteiger partial charge in [0, 0.05) is 32.6 Å². The molecular weight excluding hydrogens is 430 g/mol. The number of fused-ring (bicyclic) bond motifs is 1. The maximum Gasteiger partial charge on any atom is 0.240 e. The highest BCUT2D eigenvalue weighted by molar-refractivity contribution is 7.89. The molecule has 2 N–H and O–H groups in total. The topological polar surface area (TPSA) is 122 Å². The van der Waals surface area contributed by atoms with Gasteiger partial charge in [0.05, 0.1) is 23.9 Å². The molecule has 0 radical (unpaired) electrons. The summed E-state index contributed by atoms with van der Waals surface area (Å²) < 4.78 is 58.1. The Labute approximate surface area is 176 Å². The van der Waals surface area contributed by atoms with Crippen LogP contribution in [0.5, 0.6) is 0 Å². The molecule has 30 heavy (non-hydrogen) atoms. The highest BCUT2D eigenvalue weighted by Gasteiger charge is 2.24. The quantitative estimate of drug-likeness (QED) is 0.560. The number of carbonyl (C=O) groups excluding carboxylic acids is 1. The van der Waals surface area contributed by atoms with Gasteiger partial charge in [-0.05, 0) is 22.9 Å². The van der Waals surface area contributed by atoms with Gasteiger partial charge in [0.15, 0.2) is 0 Å². The monoisotopic (exact) mass is 455 g/mol. The largest absolute Gasteiger partial charge is 0.379 e. The Kier molecular flexibility index (Phi) is 7.42. The lowest BCUT2D eigenvalue weighted by Crippen LogP contribution is -2.44. The molecule has 0 aromatic heterocycles. The standard InChI is InChI=1S/C19H25N3O6S2/c23-19(20-9-14-29(24,25)22-10-12-28-13-11-22)7-8-21-30(26,27)18-6-5-16-3-1-2-4-17(16)15-18/h1-6,15,21H,7-14H2,(H,20,23). The molecule has 0 atom stereocenters. The van der Waals surface area contributed by atoms with Gasteiger partial charge in [0.25, 0.3) is 0 Å². The predicted octanol–water partition coefficient (Wildman–Crippen LogP) is 0.286. The molecule has 0 spiro atoms. The number of hydrogen-bond donors (Lipinski definition) is 2. The van der Waals surface area contributed by atoms with Crippen molar-refractivity contribution in [1.29, 1.82) is 0 Å². The lowest BCUT2D eigenvalue weighted by molar-refractivity contribution is -0.120. The third-order valence-electron chi connectivity index (χ3n) is 4.72. The number of sulfonamides is 2. The molecule has 1 fully saturated rings. The van der Waals surface area contributed by atoms with E-state index in [1.54, 1.807) is 12.1 Å². The van der Waals surface area contributed by atoms with E-state index < -0.39 is 26.0 Å². The average molecular weight is 456 g/mol. The van der Waals surface area contributed by atoms with Crippen LogP contribution in [0.15, 0.2) is 47.4 Å². The van der Waals surface area contributed by atoms with Crippen molar-refractivity contribution in [2.45, 2.75) is 11.3 Å². The molecule has 1 amide bonds. The summed E-state index contributed by atoms with van der Waals surface area (Å²) in [5.74, 6) is -0.630. The summed E-state index contributed by atoms with van der Waals surface area (Å²) in [6, 6.07) is 12.2. The lowest BCUT2D eigenvalue weighted by atomic mass is 10.1. The summed E-state index contributed by atoms with van der Waals surface area (Å²) in [4.78, 5) is 12.1. The normalized spacial score (nSPS) is 15.9. The van der Waals surface area contributed by atoms with Crippen LogP contribution in [0.1, 0.15) is 6.42 Å². The Morgan fingerprint density at radius 2 is 1.67 bits per heavy atom. The number of ether oxygens (including phenoxy) is 1. The maximum absolute atomic E-state index is 12.4. The van der Waals surface area contributed by atoms with Gasteiger partial charge in [-0.25, -0.2) is 21.6 Å². The van der Waals surface area contributed by atoms with E-state index in [1.807, 2.05) is 24.3 Å². The molecule has 1 heterocycles. The van der Waals surface area contributed by atoms with Crippen molar-refractivity contribution in [2.75, 3.05) is 45.1 Å². The fourth-order valence-electron chi connectivity index (χ4n) is 3.08. The Bertz CT molecular complexity index is 1100. The SMILES string of the molecule is O=C(CCNS(=O)(=O)c1ccc2ccccc2c1)NCCS(=O)(=O)N1CCOCC1. The fourth-order valence-corrected chi connectivity index (χ4v) is 5.47. The second-order valence-electron chi connectivity index (χ2n) is 6.83. The molecule has 3 rings (SSSR count). The summed E-state index contributed by atoms with van der Waals surface area (Å²) in [5.41, 5.74) is 0. The second kappa shape index (κ2) is 9.84. The molecule has 1 aliphatic heterocycles. The van der Waals surface area contributed by atoms with Crippen LogP contribution in [0, 0.1) is 0 Å². The smallest absolute Gasteiger partial charge is 0.240 e. The van der Waals surface area contributed by atoms with Gasteiger partial charge in [-0.3, -0.25) is 4.79 Å². The van der Waals surface area contributed by atoms with Crippen LogP contribution >= 0.6 is 0 Å². The molecule has 0 saturated carbocycles. The minimum Gasteiger partial charge on any atom is -0.379 e. The molecule has 1 saturated heterocycles. The number of hydrogen-bond acceptors (Lipinski definition) is 6. The van der Waals surface area contributed by atoms with Crippen LogP contribution in [0.4, 0.5) is 0 Å². The summed E-state index contributed by atoms with van der Waals surface area (Å²) in [5, 5.41) is 4.26. The van der Waals surface area contributed by atoms with E-state index in [0.29, 0.717) is 26.3 Å². The van der Waals surface area contributed by atoms with E-state index in [1.165, 1.54) is 10.4 Å². The first kappa shape index (κ1) is 22.6. The van der Waals surface area contributed by atoms with Crippen molar-refractivity contribution in [3.63, 3.8) is 0 Å². The molecule has 0 unspecified atom stereocenters. The molecule has 164 valence electrons. The van der Waals surface area contributed by atoms with Gasteiger partial charge in [0.2, 0.25) is 26.0 Å². The van der Waals surface area contributed by atoms with Crippen LogP contribution in [-0.4, -0.2) is 72.2 Å². The van der Waals surface area contributed by atoms with Gasteiger partial charge in [-0.15, -0.1) is 0 Å². The van der Waals surface area contributed by atoms with E-state index in [0.717, 1.165) is 10.8 Å². The van der Waals surface area contributed by atoms with Crippen LogP contribution in [0.3, 0.4) is 0 Å². The van der Waals surface area contributed by atoms with Gasteiger partial charge in [-0.1, -0.05) is 30.3 Å². The third kappa shape index (κ3) is 5.99. The zero-order valence-electron chi connectivity index (χ0n) is 16.4. The van der Waals surface area contributed by atoms with Gasteiger partial charge >= 0.3 is 0 Å². The molecule has 2 aromatic carbocycles. The Balaban J connectivity index is 1.44. The molecule has 2 aromatic rings. The lowest BCUT2D eigenvalue weighted by Gasteiger charge is -2.26. The van der Waals surface area contributed by atoms with E-state index >= 15 is 0 Å². The number of amides is 1. The highest BCUT2D eigenvalue weighted by atomic mass is 32.2. The number of morpholine rings is 1.